The molecule has 0 aliphatic rings. The smallest absolute Gasteiger partial charge is 0.199 e. The molecule has 0 amide bonds. The molecule has 0 aliphatic carbocycles. The molecule has 5 heteroatoms. The van der Waals surface area contributed by atoms with Gasteiger partial charge in [-0.1, -0.05) is 77.8 Å². The van der Waals surface area contributed by atoms with Crippen LogP contribution in [0.5, 0.6) is 0 Å². The molecule has 3 aromatic rings. The van der Waals surface area contributed by atoms with Gasteiger partial charge in [0, 0.05) is 11.1 Å². The van der Waals surface area contributed by atoms with E-state index in [0.717, 1.165) is 5.56 Å². The van der Waals surface area contributed by atoms with E-state index in [4.69, 9.17) is 11.6 Å². The van der Waals surface area contributed by atoms with Crippen molar-refractivity contribution < 1.29 is 8.42 Å². The second-order valence-electron chi connectivity index (χ2n) is 5.57. The van der Waals surface area contributed by atoms with E-state index in [9.17, 15) is 8.42 Å². The van der Waals surface area contributed by atoms with Crippen molar-refractivity contribution >= 4 is 27.3 Å². The van der Waals surface area contributed by atoms with Gasteiger partial charge >= 0.3 is 0 Å². The fourth-order valence-electron chi connectivity index (χ4n) is 2.39. The number of hydrogen-bond acceptors (Lipinski definition) is 2. The Morgan fingerprint density at radius 2 is 1.44 bits per heavy atom. The van der Waals surface area contributed by atoms with E-state index in [1.165, 1.54) is 0 Å². The standard InChI is InChI=1S/C20H16ClNO2S/c1-15-11-13-17(14-12-15)25(23,24)22-20(16-7-3-2-4-8-16)18-9-5-6-10-19(18)21/h2-14H,1H3/b22-20+. The van der Waals surface area contributed by atoms with E-state index < -0.39 is 10.0 Å². The van der Waals surface area contributed by atoms with Gasteiger partial charge in [-0.2, -0.15) is 12.8 Å². The van der Waals surface area contributed by atoms with Gasteiger partial charge in [0.15, 0.2) is 0 Å². The third-order valence-corrected chi connectivity index (χ3v) is 5.33. The Hall–Kier alpha value is -2.43. The lowest BCUT2D eigenvalue weighted by Crippen LogP contribution is -2.09. The van der Waals surface area contributed by atoms with Gasteiger partial charge in [-0.05, 0) is 25.1 Å². The Morgan fingerprint density at radius 1 is 0.840 bits per heavy atom. The average Bonchev–Trinajstić information content (AvgIpc) is 2.61. The predicted molar refractivity (Wildman–Crippen MR) is 102 cm³/mol. The first-order chi connectivity index (χ1) is 12.0. The Morgan fingerprint density at radius 3 is 2.08 bits per heavy atom. The van der Waals surface area contributed by atoms with Crippen molar-refractivity contribution in [2.75, 3.05) is 0 Å². The summed E-state index contributed by atoms with van der Waals surface area (Å²) in [5.74, 6) is 0. The van der Waals surface area contributed by atoms with Crippen LogP contribution in [0.25, 0.3) is 0 Å². The molecule has 0 bridgehead atoms. The summed E-state index contributed by atoms with van der Waals surface area (Å²) in [4.78, 5) is 0.151. The molecule has 0 aromatic heterocycles. The van der Waals surface area contributed by atoms with E-state index in [1.54, 1.807) is 48.5 Å². The second kappa shape index (κ2) is 7.21. The minimum atomic E-state index is -3.86. The van der Waals surface area contributed by atoms with Crippen LogP contribution < -0.4 is 0 Å². The van der Waals surface area contributed by atoms with Crippen molar-refractivity contribution in [3.63, 3.8) is 0 Å². The molecule has 0 saturated carbocycles. The van der Waals surface area contributed by atoms with Gasteiger partial charge in [-0.3, -0.25) is 0 Å². The first kappa shape index (κ1) is 17.4. The summed E-state index contributed by atoms with van der Waals surface area (Å²) in [6.07, 6.45) is 0. The number of nitrogens with zero attached hydrogens (tertiary/aromatic N) is 1. The molecular formula is C20H16ClNO2S. The normalized spacial score (nSPS) is 12.2. The molecular weight excluding hydrogens is 354 g/mol. The SMILES string of the molecule is Cc1ccc(S(=O)(=O)/N=C(\c2ccccc2)c2ccccc2Cl)cc1. The topological polar surface area (TPSA) is 46.5 Å². The Kier molecular flexibility index (Phi) is 5.02. The maximum Gasteiger partial charge on any atom is 0.282 e. The van der Waals surface area contributed by atoms with Crippen LogP contribution in [-0.2, 0) is 10.0 Å². The largest absolute Gasteiger partial charge is 0.282 e. The zero-order chi connectivity index (χ0) is 17.9. The Bertz CT molecular complexity index is 1010. The molecule has 0 radical (unpaired) electrons. The van der Waals surface area contributed by atoms with Gasteiger partial charge in [0.25, 0.3) is 10.0 Å². The molecule has 0 heterocycles. The summed E-state index contributed by atoms with van der Waals surface area (Å²) in [5.41, 5.74) is 2.57. The molecule has 0 unspecified atom stereocenters. The summed E-state index contributed by atoms with van der Waals surface area (Å²) in [6.45, 7) is 1.90. The van der Waals surface area contributed by atoms with Gasteiger partial charge in [0.2, 0.25) is 0 Å². The van der Waals surface area contributed by atoms with Crippen LogP contribution in [0.2, 0.25) is 5.02 Å². The summed E-state index contributed by atoms with van der Waals surface area (Å²) in [5, 5.41) is 0.448. The molecule has 126 valence electrons. The van der Waals surface area contributed by atoms with E-state index in [0.29, 0.717) is 21.9 Å². The molecule has 0 fully saturated rings. The summed E-state index contributed by atoms with van der Waals surface area (Å²) in [6, 6.07) is 22.9. The highest BCUT2D eigenvalue weighted by Crippen LogP contribution is 2.23. The monoisotopic (exact) mass is 369 g/mol. The summed E-state index contributed by atoms with van der Waals surface area (Å²) in [7, 11) is -3.86. The molecule has 0 saturated heterocycles. The quantitative estimate of drug-likeness (QED) is 0.615. The van der Waals surface area contributed by atoms with E-state index >= 15 is 0 Å². The lowest BCUT2D eigenvalue weighted by Gasteiger charge is -2.10. The lowest BCUT2D eigenvalue weighted by atomic mass is 10.0. The third-order valence-electron chi connectivity index (χ3n) is 3.71. The van der Waals surface area contributed by atoms with Crippen LogP contribution in [0.15, 0.2) is 88.2 Å². The number of hydrogen-bond donors (Lipinski definition) is 0. The molecule has 3 nitrogen and oxygen atoms in total. The third kappa shape index (κ3) is 3.98. The fourth-order valence-corrected chi connectivity index (χ4v) is 3.64. The van der Waals surface area contributed by atoms with Gasteiger partial charge < -0.3 is 0 Å². The second-order valence-corrected chi connectivity index (χ2v) is 7.59. The molecule has 0 spiro atoms. The first-order valence-corrected chi connectivity index (χ1v) is 9.51. The van der Waals surface area contributed by atoms with Gasteiger partial charge in [0.1, 0.15) is 0 Å². The minimum absolute atomic E-state index is 0.151. The van der Waals surface area contributed by atoms with Crippen molar-refractivity contribution in [1.82, 2.24) is 0 Å². The highest BCUT2D eigenvalue weighted by Gasteiger charge is 2.18. The molecule has 0 aliphatic heterocycles. The first-order valence-electron chi connectivity index (χ1n) is 7.69. The van der Waals surface area contributed by atoms with Crippen LogP contribution in [0.4, 0.5) is 0 Å². The minimum Gasteiger partial charge on any atom is -0.199 e. The molecule has 0 N–H and O–H groups in total. The molecule has 3 rings (SSSR count). The van der Waals surface area contributed by atoms with Crippen molar-refractivity contribution in [2.45, 2.75) is 11.8 Å². The summed E-state index contributed by atoms with van der Waals surface area (Å²) < 4.78 is 29.7. The number of sulfonamides is 1. The zero-order valence-electron chi connectivity index (χ0n) is 13.6. The van der Waals surface area contributed by atoms with Gasteiger partial charge in [-0.15, -0.1) is 0 Å². The zero-order valence-corrected chi connectivity index (χ0v) is 15.1. The van der Waals surface area contributed by atoms with Gasteiger partial charge in [0.05, 0.1) is 15.6 Å². The lowest BCUT2D eigenvalue weighted by molar-refractivity contribution is 0.598. The van der Waals surface area contributed by atoms with Crippen molar-refractivity contribution in [3.8, 4) is 0 Å². The highest BCUT2D eigenvalue weighted by molar-refractivity contribution is 7.90. The van der Waals surface area contributed by atoms with Crippen molar-refractivity contribution in [3.05, 3.63) is 101 Å². The van der Waals surface area contributed by atoms with E-state index in [1.807, 2.05) is 37.3 Å². The molecule has 3 aromatic carbocycles. The van der Waals surface area contributed by atoms with Gasteiger partial charge in [-0.25, -0.2) is 0 Å². The van der Waals surface area contributed by atoms with Crippen molar-refractivity contribution in [1.29, 1.82) is 0 Å². The van der Waals surface area contributed by atoms with E-state index in [-0.39, 0.29) is 4.90 Å². The van der Waals surface area contributed by atoms with Crippen LogP contribution in [0, 0.1) is 6.92 Å². The highest BCUT2D eigenvalue weighted by atomic mass is 35.5. The maximum atomic E-state index is 12.8. The molecule has 0 atom stereocenters. The number of aryl methyl sites for hydroxylation is 1. The fraction of sp³-hybridized carbons (Fsp3) is 0.0500. The maximum absolute atomic E-state index is 12.8. The van der Waals surface area contributed by atoms with Crippen LogP contribution >= 0.6 is 11.6 Å². The van der Waals surface area contributed by atoms with Crippen LogP contribution in [-0.4, -0.2) is 14.1 Å². The Balaban J connectivity index is 2.19. The number of rotatable bonds is 4. The number of halogens is 1. The number of benzene rings is 3. The predicted octanol–water partition coefficient (Wildman–Crippen LogP) is 4.87. The van der Waals surface area contributed by atoms with Crippen LogP contribution in [0.1, 0.15) is 16.7 Å². The van der Waals surface area contributed by atoms with Crippen LogP contribution in [0.3, 0.4) is 0 Å². The average molecular weight is 370 g/mol. The van der Waals surface area contributed by atoms with E-state index in [2.05, 4.69) is 4.40 Å². The van der Waals surface area contributed by atoms with Crippen molar-refractivity contribution in [2.24, 2.45) is 4.40 Å². The summed E-state index contributed by atoms with van der Waals surface area (Å²) >= 11 is 6.29. The Labute approximate surface area is 152 Å². The molecule has 25 heavy (non-hydrogen) atoms.